The Morgan fingerprint density at radius 3 is 2.56 bits per heavy atom. The van der Waals surface area contributed by atoms with Crippen molar-refractivity contribution in [1.29, 1.82) is 0 Å². The summed E-state index contributed by atoms with van der Waals surface area (Å²) in [6.07, 6.45) is 1.06. The van der Waals surface area contributed by atoms with Gasteiger partial charge in [-0.2, -0.15) is 0 Å². The van der Waals surface area contributed by atoms with Gasteiger partial charge in [0.1, 0.15) is 11.8 Å². The summed E-state index contributed by atoms with van der Waals surface area (Å²) in [5, 5.41) is 20.7. The van der Waals surface area contributed by atoms with Gasteiger partial charge in [0, 0.05) is 5.56 Å². The molecule has 0 heterocycles. The maximum Gasteiger partial charge on any atom is 0.326 e. The van der Waals surface area contributed by atoms with Gasteiger partial charge < -0.3 is 15.5 Å². The van der Waals surface area contributed by atoms with Gasteiger partial charge in [-0.25, -0.2) is 4.79 Å². The molecule has 0 aliphatic rings. The second-order valence-electron chi connectivity index (χ2n) is 4.15. The first kappa shape index (κ1) is 14.0. The molecule has 0 bridgehead atoms. The highest BCUT2D eigenvalue weighted by Gasteiger charge is 2.20. The van der Waals surface area contributed by atoms with E-state index in [9.17, 15) is 14.7 Å². The number of amides is 1. The number of phenolic OH excluding ortho intramolecular Hbond substituents is 1. The van der Waals surface area contributed by atoms with Gasteiger partial charge >= 0.3 is 5.97 Å². The number of carbonyl (C=O) groups excluding carboxylic acids is 1. The molecule has 0 saturated carbocycles. The third-order valence-corrected chi connectivity index (χ3v) is 2.64. The summed E-state index contributed by atoms with van der Waals surface area (Å²) in [5.74, 6) is -1.40. The van der Waals surface area contributed by atoms with Gasteiger partial charge in [0.2, 0.25) is 0 Å². The fourth-order valence-electron chi connectivity index (χ4n) is 1.68. The molecule has 0 aliphatic carbocycles. The van der Waals surface area contributed by atoms with Crippen molar-refractivity contribution >= 4 is 11.9 Å². The van der Waals surface area contributed by atoms with E-state index in [2.05, 4.69) is 5.32 Å². The highest BCUT2D eigenvalue weighted by Crippen LogP contribution is 2.15. The number of aromatic hydroxyl groups is 1. The van der Waals surface area contributed by atoms with E-state index in [1.165, 1.54) is 18.2 Å². The standard InChI is InChI=1S/C13H17NO4/c1-3-4-11(13(17)18)14-12(16)10-6-5-9(15)7-8(10)2/h5-7,11,15H,3-4H2,1-2H3,(H,14,16)(H,17,18). The molecule has 1 unspecified atom stereocenters. The average Bonchev–Trinajstić information content (AvgIpc) is 2.27. The van der Waals surface area contributed by atoms with E-state index >= 15 is 0 Å². The Balaban J connectivity index is 2.83. The molecule has 0 fully saturated rings. The minimum Gasteiger partial charge on any atom is -0.508 e. The maximum atomic E-state index is 11.9. The Morgan fingerprint density at radius 1 is 1.39 bits per heavy atom. The molecule has 0 radical (unpaired) electrons. The van der Waals surface area contributed by atoms with E-state index in [4.69, 9.17) is 5.11 Å². The number of carboxylic acids is 1. The fourth-order valence-corrected chi connectivity index (χ4v) is 1.68. The van der Waals surface area contributed by atoms with Crippen molar-refractivity contribution in [3.8, 4) is 5.75 Å². The zero-order valence-electron chi connectivity index (χ0n) is 10.4. The quantitative estimate of drug-likeness (QED) is 0.743. The number of hydrogen-bond donors (Lipinski definition) is 3. The molecule has 0 spiro atoms. The van der Waals surface area contributed by atoms with Gasteiger partial charge in [-0.05, 0) is 37.1 Å². The Hall–Kier alpha value is -2.04. The summed E-state index contributed by atoms with van der Waals surface area (Å²) < 4.78 is 0. The zero-order valence-corrected chi connectivity index (χ0v) is 10.4. The van der Waals surface area contributed by atoms with Crippen molar-refractivity contribution in [3.63, 3.8) is 0 Å². The van der Waals surface area contributed by atoms with Crippen molar-refractivity contribution in [1.82, 2.24) is 5.32 Å². The Kier molecular flexibility index (Phi) is 4.71. The number of aliphatic carboxylic acids is 1. The smallest absolute Gasteiger partial charge is 0.326 e. The molecule has 1 amide bonds. The van der Waals surface area contributed by atoms with Crippen LogP contribution in [0.15, 0.2) is 18.2 Å². The monoisotopic (exact) mass is 251 g/mol. The topological polar surface area (TPSA) is 86.6 Å². The second kappa shape index (κ2) is 6.05. The molecule has 18 heavy (non-hydrogen) atoms. The van der Waals surface area contributed by atoms with Crippen molar-refractivity contribution < 1.29 is 19.8 Å². The predicted octanol–water partition coefficient (Wildman–Crippen LogP) is 1.68. The maximum absolute atomic E-state index is 11.9. The van der Waals surface area contributed by atoms with Crippen molar-refractivity contribution in [2.24, 2.45) is 0 Å². The lowest BCUT2D eigenvalue weighted by Crippen LogP contribution is -2.40. The molecule has 0 aromatic heterocycles. The molecule has 5 heteroatoms. The summed E-state index contributed by atoms with van der Waals surface area (Å²) in [4.78, 5) is 22.9. The number of carboxylic acid groups (broad SMARTS) is 1. The van der Waals surface area contributed by atoms with Crippen LogP contribution in [0.2, 0.25) is 0 Å². The van der Waals surface area contributed by atoms with Gasteiger partial charge in [0.05, 0.1) is 0 Å². The average molecular weight is 251 g/mol. The normalized spacial score (nSPS) is 11.9. The molecule has 1 rings (SSSR count). The lowest BCUT2D eigenvalue weighted by molar-refractivity contribution is -0.139. The number of nitrogens with one attached hydrogen (secondary N) is 1. The van der Waals surface area contributed by atoms with E-state index in [1.54, 1.807) is 6.92 Å². The Bertz CT molecular complexity index is 456. The van der Waals surface area contributed by atoms with Crippen LogP contribution in [0.25, 0.3) is 0 Å². The van der Waals surface area contributed by atoms with Gasteiger partial charge in [-0.15, -0.1) is 0 Å². The minimum absolute atomic E-state index is 0.0763. The number of aryl methyl sites for hydroxylation is 1. The summed E-state index contributed by atoms with van der Waals surface area (Å²) in [6.45, 7) is 3.54. The first-order valence-corrected chi connectivity index (χ1v) is 5.79. The van der Waals surface area contributed by atoms with Crippen LogP contribution in [-0.4, -0.2) is 28.1 Å². The molecule has 1 aromatic rings. The zero-order chi connectivity index (χ0) is 13.7. The van der Waals surface area contributed by atoms with Gasteiger partial charge in [-0.3, -0.25) is 4.79 Å². The summed E-state index contributed by atoms with van der Waals surface area (Å²) in [5.41, 5.74) is 0.975. The lowest BCUT2D eigenvalue weighted by atomic mass is 10.1. The molecule has 1 aromatic carbocycles. The SMILES string of the molecule is CCCC(NC(=O)c1ccc(O)cc1C)C(=O)O. The van der Waals surface area contributed by atoms with Crippen LogP contribution in [0.3, 0.4) is 0 Å². The van der Waals surface area contributed by atoms with Crippen molar-refractivity contribution in [2.75, 3.05) is 0 Å². The van der Waals surface area contributed by atoms with Crippen LogP contribution >= 0.6 is 0 Å². The van der Waals surface area contributed by atoms with E-state index in [0.717, 1.165) is 0 Å². The van der Waals surface area contributed by atoms with Crippen molar-refractivity contribution in [3.05, 3.63) is 29.3 Å². The molecule has 98 valence electrons. The van der Waals surface area contributed by atoms with Gasteiger partial charge in [0.25, 0.3) is 5.91 Å². The first-order chi connectivity index (χ1) is 8.45. The van der Waals surface area contributed by atoms with Crippen LogP contribution in [0.1, 0.15) is 35.7 Å². The minimum atomic E-state index is -1.04. The van der Waals surface area contributed by atoms with Gasteiger partial charge in [-0.1, -0.05) is 13.3 Å². The Morgan fingerprint density at radius 2 is 2.06 bits per heavy atom. The summed E-state index contributed by atoms with van der Waals surface area (Å²) in [7, 11) is 0. The number of phenols is 1. The molecular formula is C13H17NO4. The van der Waals surface area contributed by atoms with Crippen LogP contribution in [0, 0.1) is 6.92 Å². The lowest BCUT2D eigenvalue weighted by Gasteiger charge is -2.14. The molecule has 5 nitrogen and oxygen atoms in total. The number of rotatable bonds is 5. The van der Waals surface area contributed by atoms with Gasteiger partial charge in [0.15, 0.2) is 0 Å². The van der Waals surface area contributed by atoms with E-state index < -0.39 is 17.9 Å². The highest BCUT2D eigenvalue weighted by molar-refractivity contribution is 5.97. The third kappa shape index (κ3) is 3.48. The number of carbonyl (C=O) groups is 2. The largest absolute Gasteiger partial charge is 0.508 e. The number of benzene rings is 1. The Labute approximate surface area is 105 Å². The summed E-state index contributed by atoms with van der Waals surface area (Å²) >= 11 is 0. The third-order valence-electron chi connectivity index (χ3n) is 2.64. The van der Waals surface area contributed by atoms with E-state index in [0.29, 0.717) is 24.0 Å². The van der Waals surface area contributed by atoms with Crippen LogP contribution in [0.4, 0.5) is 0 Å². The summed E-state index contributed by atoms with van der Waals surface area (Å²) in [6, 6.07) is 3.46. The van der Waals surface area contributed by atoms with E-state index in [1.807, 2.05) is 6.92 Å². The molecule has 3 N–H and O–H groups in total. The van der Waals surface area contributed by atoms with Crippen LogP contribution in [0.5, 0.6) is 5.75 Å². The van der Waals surface area contributed by atoms with Crippen LogP contribution < -0.4 is 5.32 Å². The fraction of sp³-hybridized carbons (Fsp3) is 0.385. The molecular weight excluding hydrogens is 234 g/mol. The van der Waals surface area contributed by atoms with E-state index in [-0.39, 0.29) is 5.75 Å². The number of hydrogen-bond acceptors (Lipinski definition) is 3. The first-order valence-electron chi connectivity index (χ1n) is 5.79. The highest BCUT2D eigenvalue weighted by atomic mass is 16.4. The molecule has 1 atom stereocenters. The second-order valence-corrected chi connectivity index (χ2v) is 4.15. The van der Waals surface area contributed by atoms with Crippen molar-refractivity contribution in [2.45, 2.75) is 32.7 Å². The van der Waals surface area contributed by atoms with Crippen LogP contribution in [-0.2, 0) is 4.79 Å². The predicted molar refractivity (Wildman–Crippen MR) is 66.6 cm³/mol. The molecule has 0 saturated heterocycles. The molecule has 0 aliphatic heterocycles.